The largest absolute Gasteiger partial charge is 0.383 e. The van der Waals surface area contributed by atoms with Crippen LogP contribution in [0.1, 0.15) is 12.6 Å². The van der Waals surface area contributed by atoms with Crippen LogP contribution < -0.4 is 5.32 Å². The molecule has 1 N–H and O–H groups in total. The number of hydrogen-bond acceptors (Lipinski definition) is 5. The molecule has 0 spiro atoms. The summed E-state index contributed by atoms with van der Waals surface area (Å²) in [7, 11) is 6.13. The normalized spacial score (nSPS) is 22.4. The van der Waals surface area contributed by atoms with Crippen LogP contribution >= 0.6 is 0 Å². The van der Waals surface area contributed by atoms with Crippen LogP contribution in [-0.2, 0) is 11.3 Å². The standard InChI is InChI=1S/C15H29N5O/c1-12-8-20(15(16-12)17-13(2)11-21-5)10-14-9-18(3)6-7-19(14)4/h8,13-14H,6-7,9-11H2,1-5H3,(H,16,17). The maximum atomic E-state index is 5.19. The van der Waals surface area contributed by atoms with Crippen molar-refractivity contribution in [3.05, 3.63) is 11.9 Å². The first-order valence-electron chi connectivity index (χ1n) is 7.67. The van der Waals surface area contributed by atoms with Crippen molar-refractivity contribution in [1.29, 1.82) is 0 Å². The van der Waals surface area contributed by atoms with E-state index in [1.54, 1.807) is 7.11 Å². The Morgan fingerprint density at radius 2 is 2.19 bits per heavy atom. The van der Waals surface area contributed by atoms with Gasteiger partial charge in [0.05, 0.1) is 12.3 Å². The average Bonchev–Trinajstić information content (AvgIpc) is 2.74. The van der Waals surface area contributed by atoms with Crippen molar-refractivity contribution in [3.8, 4) is 0 Å². The molecule has 0 aromatic carbocycles. The number of aromatic nitrogens is 2. The van der Waals surface area contributed by atoms with E-state index in [-0.39, 0.29) is 6.04 Å². The van der Waals surface area contributed by atoms with Crippen molar-refractivity contribution in [3.63, 3.8) is 0 Å². The molecule has 0 radical (unpaired) electrons. The summed E-state index contributed by atoms with van der Waals surface area (Å²) in [5.74, 6) is 0.943. The smallest absolute Gasteiger partial charge is 0.203 e. The number of likely N-dealkylation sites (N-methyl/N-ethyl adjacent to an activating group) is 2. The highest BCUT2D eigenvalue weighted by Crippen LogP contribution is 2.15. The highest BCUT2D eigenvalue weighted by molar-refractivity contribution is 5.30. The summed E-state index contributed by atoms with van der Waals surface area (Å²) in [6, 6.07) is 0.776. The summed E-state index contributed by atoms with van der Waals surface area (Å²) in [5, 5.41) is 3.44. The Balaban J connectivity index is 2.05. The number of methoxy groups -OCH3 is 1. The van der Waals surface area contributed by atoms with E-state index in [0.717, 1.165) is 37.8 Å². The maximum Gasteiger partial charge on any atom is 0.203 e. The Morgan fingerprint density at radius 3 is 2.90 bits per heavy atom. The number of rotatable bonds is 6. The summed E-state index contributed by atoms with van der Waals surface area (Å²) in [4.78, 5) is 9.45. The zero-order valence-electron chi connectivity index (χ0n) is 14.0. The van der Waals surface area contributed by atoms with Gasteiger partial charge in [-0.3, -0.25) is 4.90 Å². The van der Waals surface area contributed by atoms with Gasteiger partial charge in [-0.15, -0.1) is 0 Å². The molecule has 2 unspecified atom stereocenters. The monoisotopic (exact) mass is 295 g/mol. The molecule has 2 heterocycles. The molecule has 2 rings (SSSR count). The topological polar surface area (TPSA) is 45.6 Å². The van der Waals surface area contributed by atoms with Crippen molar-refractivity contribution in [1.82, 2.24) is 19.4 Å². The van der Waals surface area contributed by atoms with Gasteiger partial charge >= 0.3 is 0 Å². The van der Waals surface area contributed by atoms with Crippen LogP contribution in [-0.4, -0.2) is 78.9 Å². The third-order valence-electron chi connectivity index (χ3n) is 4.08. The quantitative estimate of drug-likeness (QED) is 0.844. The van der Waals surface area contributed by atoms with Crippen LogP contribution in [0.3, 0.4) is 0 Å². The fraction of sp³-hybridized carbons (Fsp3) is 0.800. The third kappa shape index (κ3) is 4.43. The molecule has 0 saturated carbocycles. The lowest BCUT2D eigenvalue weighted by molar-refractivity contribution is 0.103. The second-order valence-electron chi connectivity index (χ2n) is 6.26. The first-order chi connectivity index (χ1) is 9.99. The molecule has 0 amide bonds. The van der Waals surface area contributed by atoms with E-state index in [1.807, 2.05) is 6.92 Å². The molecule has 120 valence electrons. The first-order valence-corrected chi connectivity index (χ1v) is 7.67. The lowest BCUT2D eigenvalue weighted by atomic mass is 10.2. The number of piperazine rings is 1. The minimum Gasteiger partial charge on any atom is -0.383 e. The Bertz CT molecular complexity index is 447. The zero-order valence-corrected chi connectivity index (χ0v) is 14.0. The number of ether oxygens (including phenoxy) is 1. The molecular formula is C15H29N5O. The van der Waals surface area contributed by atoms with E-state index in [0.29, 0.717) is 12.6 Å². The van der Waals surface area contributed by atoms with Crippen molar-refractivity contribution in [2.45, 2.75) is 32.5 Å². The van der Waals surface area contributed by atoms with Gasteiger partial charge in [0, 0.05) is 51.6 Å². The Labute approximate surface area is 128 Å². The summed E-state index contributed by atoms with van der Waals surface area (Å²) in [6.07, 6.45) is 2.13. The van der Waals surface area contributed by atoms with Gasteiger partial charge in [-0.25, -0.2) is 4.98 Å². The van der Waals surface area contributed by atoms with Gasteiger partial charge in [0.1, 0.15) is 0 Å². The Hall–Kier alpha value is -1.11. The van der Waals surface area contributed by atoms with Gasteiger partial charge in [-0.1, -0.05) is 0 Å². The average molecular weight is 295 g/mol. The number of imidazole rings is 1. The zero-order chi connectivity index (χ0) is 15.4. The van der Waals surface area contributed by atoms with Gasteiger partial charge in [0.2, 0.25) is 5.95 Å². The van der Waals surface area contributed by atoms with Crippen molar-refractivity contribution in [2.75, 3.05) is 52.8 Å². The van der Waals surface area contributed by atoms with Crippen LogP contribution in [0.5, 0.6) is 0 Å². The fourth-order valence-corrected chi connectivity index (χ4v) is 2.84. The molecule has 1 aromatic heterocycles. The molecule has 1 fully saturated rings. The predicted molar refractivity (Wildman–Crippen MR) is 85.8 cm³/mol. The van der Waals surface area contributed by atoms with Crippen molar-refractivity contribution >= 4 is 5.95 Å². The molecule has 6 nitrogen and oxygen atoms in total. The SMILES string of the molecule is COCC(C)Nc1nc(C)cn1CC1CN(C)CCN1C. The summed E-state index contributed by atoms with van der Waals surface area (Å²) in [5.41, 5.74) is 1.05. The maximum absolute atomic E-state index is 5.19. The summed E-state index contributed by atoms with van der Waals surface area (Å²) >= 11 is 0. The van der Waals surface area contributed by atoms with E-state index >= 15 is 0 Å². The number of hydrogen-bond donors (Lipinski definition) is 1. The van der Waals surface area contributed by atoms with Gasteiger partial charge in [-0.05, 0) is 27.9 Å². The third-order valence-corrected chi connectivity index (χ3v) is 4.08. The highest BCUT2D eigenvalue weighted by atomic mass is 16.5. The lowest BCUT2D eigenvalue weighted by Crippen LogP contribution is -2.51. The molecule has 1 aliphatic heterocycles. The molecule has 1 aliphatic rings. The second-order valence-corrected chi connectivity index (χ2v) is 6.26. The van der Waals surface area contributed by atoms with E-state index in [1.165, 1.54) is 0 Å². The second kappa shape index (κ2) is 7.24. The van der Waals surface area contributed by atoms with Crippen LogP contribution in [0.25, 0.3) is 0 Å². The van der Waals surface area contributed by atoms with Crippen LogP contribution in [0, 0.1) is 6.92 Å². The molecule has 1 aromatic rings. The lowest BCUT2D eigenvalue weighted by Gasteiger charge is -2.38. The van der Waals surface area contributed by atoms with Crippen LogP contribution in [0.15, 0.2) is 6.20 Å². The molecule has 0 aliphatic carbocycles. The van der Waals surface area contributed by atoms with E-state index < -0.39 is 0 Å². The number of nitrogens with one attached hydrogen (secondary N) is 1. The van der Waals surface area contributed by atoms with Crippen molar-refractivity contribution < 1.29 is 4.74 Å². The van der Waals surface area contributed by atoms with E-state index in [4.69, 9.17) is 4.74 Å². The molecule has 2 atom stereocenters. The van der Waals surface area contributed by atoms with Crippen molar-refractivity contribution in [2.24, 2.45) is 0 Å². The highest BCUT2D eigenvalue weighted by Gasteiger charge is 2.23. The molecule has 1 saturated heterocycles. The number of anilines is 1. The molecule has 21 heavy (non-hydrogen) atoms. The summed E-state index contributed by atoms with van der Waals surface area (Å²) in [6.45, 7) is 9.16. The van der Waals surface area contributed by atoms with E-state index in [9.17, 15) is 0 Å². The Morgan fingerprint density at radius 1 is 1.43 bits per heavy atom. The Kier molecular flexibility index (Phi) is 5.61. The van der Waals surface area contributed by atoms with Crippen LogP contribution in [0.4, 0.5) is 5.95 Å². The van der Waals surface area contributed by atoms with Gasteiger partial charge in [-0.2, -0.15) is 0 Å². The van der Waals surface area contributed by atoms with Gasteiger partial charge in [0.15, 0.2) is 0 Å². The van der Waals surface area contributed by atoms with Gasteiger partial charge in [0.25, 0.3) is 0 Å². The first kappa shape index (κ1) is 16.3. The number of nitrogens with zero attached hydrogens (tertiary/aromatic N) is 4. The predicted octanol–water partition coefficient (Wildman–Crippen LogP) is 0.884. The molecule has 0 bridgehead atoms. The number of aryl methyl sites for hydroxylation is 1. The molecule has 6 heteroatoms. The minimum absolute atomic E-state index is 0.252. The van der Waals surface area contributed by atoms with Crippen LogP contribution in [0.2, 0.25) is 0 Å². The molecular weight excluding hydrogens is 266 g/mol. The van der Waals surface area contributed by atoms with Gasteiger partial charge < -0.3 is 19.5 Å². The van der Waals surface area contributed by atoms with E-state index in [2.05, 4.69) is 51.9 Å². The fourth-order valence-electron chi connectivity index (χ4n) is 2.84. The summed E-state index contributed by atoms with van der Waals surface area (Å²) < 4.78 is 7.43. The minimum atomic E-state index is 0.252.